The Morgan fingerprint density at radius 3 is 2.35 bits per heavy atom. The van der Waals surface area contributed by atoms with E-state index in [9.17, 15) is 22.7 Å². The van der Waals surface area contributed by atoms with Crippen molar-refractivity contribution >= 4 is 0 Å². The van der Waals surface area contributed by atoms with Crippen LogP contribution in [0.25, 0.3) is 0 Å². The van der Waals surface area contributed by atoms with Gasteiger partial charge in [0.1, 0.15) is 11.2 Å². The highest BCUT2D eigenvalue weighted by atomic mass is 19.4. The molecule has 3 N–H and O–H groups in total. The largest absolute Gasteiger partial charge is 0.400 e. The molecule has 0 spiro atoms. The molecule has 0 heterocycles. The predicted octanol–water partition coefficient (Wildman–Crippen LogP) is 5.27. The van der Waals surface area contributed by atoms with Gasteiger partial charge < -0.3 is 10.4 Å². The van der Waals surface area contributed by atoms with Crippen molar-refractivity contribution in [1.29, 1.82) is 0 Å². The zero-order chi connectivity index (χ0) is 24.1. The number of nitrogens with zero attached hydrogens (tertiary/aromatic N) is 1. The van der Waals surface area contributed by atoms with Crippen LogP contribution in [0, 0.1) is 11.3 Å². The first kappa shape index (κ1) is 29.4. The highest BCUT2D eigenvalue weighted by Crippen LogP contribution is 2.47. The maximum atomic E-state index is 14.2. The Kier molecular flexibility index (Phi) is 13.7. The number of hydrogen-bond donors (Lipinski definition) is 3. The van der Waals surface area contributed by atoms with E-state index in [0.717, 1.165) is 39.1 Å². The Balaban J connectivity index is 4.61. The first-order valence-electron chi connectivity index (χ1n) is 10.6. The van der Waals surface area contributed by atoms with Crippen LogP contribution in [-0.2, 0) is 0 Å². The molecule has 0 amide bonds. The summed E-state index contributed by atoms with van der Waals surface area (Å²) in [4.78, 5) is 2.23. The molecule has 0 bridgehead atoms. The number of hydrogen-bond acceptors (Lipinski definition) is 4. The molecule has 0 fully saturated rings. The second-order valence-corrected chi connectivity index (χ2v) is 8.06. The van der Waals surface area contributed by atoms with Crippen molar-refractivity contribution in [2.45, 2.75) is 65.5 Å². The molecule has 4 atom stereocenters. The molecule has 0 saturated carbocycles. The number of allylic oxidation sites excluding steroid dienone is 4. The van der Waals surface area contributed by atoms with Crippen LogP contribution in [0.2, 0.25) is 0 Å². The van der Waals surface area contributed by atoms with E-state index in [2.05, 4.69) is 54.7 Å². The van der Waals surface area contributed by atoms with Gasteiger partial charge in [0.05, 0.1) is 0 Å². The second kappa shape index (κ2) is 14.4. The van der Waals surface area contributed by atoms with Crippen molar-refractivity contribution in [3.05, 3.63) is 49.5 Å². The van der Waals surface area contributed by atoms with Crippen LogP contribution in [0.4, 0.5) is 17.6 Å². The Hall–Kier alpha value is -1.64. The van der Waals surface area contributed by atoms with Gasteiger partial charge >= 0.3 is 6.18 Å². The van der Waals surface area contributed by atoms with Crippen LogP contribution in [0.3, 0.4) is 0 Å². The molecule has 0 aliphatic carbocycles. The number of halogens is 4. The van der Waals surface area contributed by atoms with E-state index in [1.54, 1.807) is 0 Å². The van der Waals surface area contributed by atoms with Gasteiger partial charge in [0.25, 0.3) is 0 Å². The SMILES string of the molecule is C=CCC(C)/C=C/CN(CC)CCC(C)NC(O)N/C=C(\F)C(C)(CC=C)C(F)(F)F. The van der Waals surface area contributed by atoms with E-state index in [1.807, 2.05) is 13.0 Å². The lowest BCUT2D eigenvalue weighted by atomic mass is 9.84. The van der Waals surface area contributed by atoms with Gasteiger partial charge in [-0.25, -0.2) is 4.39 Å². The number of aliphatic hydroxyl groups excluding tert-OH is 1. The fourth-order valence-electron chi connectivity index (χ4n) is 2.89. The summed E-state index contributed by atoms with van der Waals surface area (Å²) in [6.07, 6.45) is 2.62. The maximum Gasteiger partial charge on any atom is 0.400 e. The first-order valence-corrected chi connectivity index (χ1v) is 10.6. The zero-order valence-corrected chi connectivity index (χ0v) is 19.2. The standard InChI is InChI=1S/C23H39F4N3O/c1-7-11-18(4)12-10-15-30(9-3)16-13-19(5)29-21(31)28-17-20(24)22(6,14-8-2)23(25,26)27/h7-8,10,12,17-19,21,28-29,31H,1-2,9,11,13-16H2,3-6H3/b12-10+,20-17-. The van der Waals surface area contributed by atoms with Gasteiger partial charge in [0, 0.05) is 18.8 Å². The summed E-state index contributed by atoms with van der Waals surface area (Å²) in [7, 11) is 0. The monoisotopic (exact) mass is 449 g/mol. The normalized spacial score (nSPS) is 17.9. The van der Waals surface area contributed by atoms with Crippen LogP contribution in [0.5, 0.6) is 0 Å². The summed E-state index contributed by atoms with van der Waals surface area (Å²) in [6, 6.07) is -0.140. The maximum absolute atomic E-state index is 14.2. The fourth-order valence-corrected chi connectivity index (χ4v) is 2.89. The third kappa shape index (κ3) is 11.0. The van der Waals surface area contributed by atoms with E-state index < -0.39 is 30.2 Å². The summed E-state index contributed by atoms with van der Waals surface area (Å²) in [5, 5.41) is 15.0. The minimum atomic E-state index is -4.78. The van der Waals surface area contributed by atoms with E-state index in [4.69, 9.17) is 0 Å². The average molecular weight is 450 g/mol. The molecule has 0 aromatic heterocycles. The fraction of sp³-hybridized carbons (Fsp3) is 0.652. The summed E-state index contributed by atoms with van der Waals surface area (Å²) in [6.45, 7) is 16.2. The quantitative estimate of drug-likeness (QED) is 0.171. The smallest absolute Gasteiger partial charge is 0.361 e. The highest BCUT2D eigenvalue weighted by Gasteiger charge is 2.53. The van der Waals surface area contributed by atoms with Crippen LogP contribution < -0.4 is 10.6 Å². The third-order valence-corrected chi connectivity index (χ3v) is 5.21. The molecule has 0 rings (SSSR count). The summed E-state index contributed by atoms with van der Waals surface area (Å²) in [5.41, 5.74) is -2.69. The van der Waals surface area contributed by atoms with Crippen molar-refractivity contribution in [3.8, 4) is 0 Å². The van der Waals surface area contributed by atoms with Gasteiger partial charge in [-0.15, -0.1) is 13.2 Å². The lowest BCUT2D eigenvalue weighted by Gasteiger charge is -2.30. The minimum absolute atomic E-state index is 0.140. The molecule has 4 nitrogen and oxygen atoms in total. The van der Waals surface area contributed by atoms with Gasteiger partial charge in [-0.1, -0.05) is 38.2 Å². The summed E-state index contributed by atoms with van der Waals surface area (Å²) >= 11 is 0. The van der Waals surface area contributed by atoms with Gasteiger partial charge in [-0.2, -0.15) is 13.2 Å². The molecule has 0 aliphatic rings. The Bertz CT molecular complexity index is 592. The number of likely N-dealkylation sites (N-methyl/N-ethyl adjacent to an activating group) is 1. The molecule has 0 aromatic rings. The highest BCUT2D eigenvalue weighted by molar-refractivity contribution is 5.11. The lowest BCUT2D eigenvalue weighted by Crippen LogP contribution is -2.46. The van der Waals surface area contributed by atoms with Crippen LogP contribution in [0.1, 0.15) is 47.0 Å². The molecule has 0 aromatic carbocycles. The topological polar surface area (TPSA) is 47.5 Å². The van der Waals surface area contributed by atoms with Gasteiger partial charge in [0.2, 0.25) is 0 Å². The zero-order valence-electron chi connectivity index (χ0n) is 19.2. The van der Waals surface area contributed by atoms with Crippen LogP contribution >= 0.6 is 0 Å². The lowest BCUT2D eigenvalue weighted by molar-refractivity contribution is -0.208. The predicted molar refractivity (Wildman–Crippen MR) is 120 cm³/mol. The van der Waals surface area contributed by atoms with Crippen molar-refractivity contribution in [3.63, 3.8) is 0 Å². The Morgan fingerprint density at radius 2 is 1.84 bits per heavy atom. The van der Waals surface area contributed by atoms with Gasteiger partial charge in [-0.3, -0.25) is 10.2 Å². The number of alkyl halides is 3. The van der Waals surface area contributed by atoms with Crippen molar-refractivity contribution in [1.82, 2.24) is 15.5 Å². The molecule has 8 heteroatoms. The van der Waals surface area contributed by atoms with Gasteiger partial charge in [0.15, 0.2) is 6.35 Å². The number of nitrogens with one attached hydrogen (secondary N) is 2. The van der Waals surface area contributed by atoms with Crippen molar-refractivity contribution in [2.24, 2.45) is 11.3 Å². The Morgan fingerprint density at radius 1 is 1.19 bits per heavy atom. The minimum Gasteiger partial charge on any atom is -0.361 e. The summed E-state index contributed by atoms with van der Waals surface area (Å²) < 4.78 is 53.9. The number of rotatable bonds is 16. The average Bonchev–Trinajstić information content (AvgIpc) is 2.68. The first-order chi connectivity index (χ1) is 14.4. The molecule has 31 heavy (non-hydrogen) atoms. The molecular formula is C23H39F4N3O. The Labute approximate surface area is 184 Å². The molecular weight excluding hydrogens is 410 g/mol. The van der Waals surface area contributed by atoms with Crippen molar-refractivity contribution in [2.75, 3.05) is 19.6 Å². The van der Waals surface area contributed by atoms with Gasteiger partial charge in [-0.05, 0) is 52.1 Å². The van der Waals surface area contributed by atoms with Crippen molar-refractivity contribution < 1.29 is 22.7 Å². The van der Waals surface area contributed by atoms with Crippen LogP contribution in [-0.4, -0.2) is 48.2 Å². The van der Waals surface area contributed by atoms with E-state index in [-0.39, 0.29) is 6.04 Å². The second-order valence-electron chi connectivity index (χ2n) is 8.06. The van der Waals surface area contributed by atoms with E-state index in [0.29, 0.717) is 18.5 Å². The molecule has 4 unspecified atom stereocenters. The molecule has 0 aliphatic heterocycles. The van der Waals surface area contributed by atoms with Crippen LogP contribution in [0.15, 0.2) is 49.5 Å². The summed E-state index contributed by atoms with van der Waals surface area (Å²) in [5.74, 6) is -0.972. The van der Waals surface area contributed by atoms with E-state index in [1.165, 1.54) is 0 Å². The molecule has 180 valence electrons. The third-order valence-electron chi connectivity index (χ3n) is 5.21. The molecule has 0 saturated heterocycles. The number of aliphatic hydroxyl groups is 1. The van der Waals surface area contributed by atoms with E-state index >= 15 is 0 Å². The molecule has 0 radical (unpaired) electrons.